The van der Waals surface area contributed by atoms with E-state index in [4.69, 9.17) is 10.3 Å². The van der Waals surface area contributed by atoms with Crippen LogP contribution in [-0.4, -0.2) is 39.0 Å². The van der Waals surface area contributed by atoms with Gasteiger partial charge in [-0.25, -0.2) is 4.79 Å². The molecule has 0 bridgehead atoms. The Kier molecular flexibility index (Phi) is 5.04. The van der Waals surface area contributed by atoms with Gasteiger partial charge in [0.15, 0.2) is 0 Å². The molecular formula is C17H17N5O6. The number of aliphatic hydroxyl groups excluding tert-OH is 1. The highest BCUT2D eigenvalue weighted by Crippen LogP contribution is 2.47. The van der Waals surface area contributed by atoms with Crippen molar-refractivity contribution in [3.8, 4) is 0 Å². The van der Waals surface area contributed by atoms with Crippen LogP contribution in [-0.2, 0) is 20.9 Å². The number of non-ortho nitro benzene ring substituents is 1. The summed E-state index contributed by atoms with van der Waals surface area (Å²) in [5.74, 6) is -2.39. The van der Waals surface area contributed by atoms with Gasteiger partial charge in [-0.3, -0.25) is 14.9 Å². The molecule has 11 heteroatoms. The number of nitrogens with zero attached hydrogens (tertiary/aromatic N) is 5. The SMILES string of the molecule is C[C@@H](O)[C@H]1C(=O)N2C(C(=O)OCc3ccc([N+](=O)[O-])cc3)=C(N=[N+]=[N-])[C@H](C)[C@H]12. The third kappa shape index (κ3) is 3.06. The quantitative estimate of drug-likeness (QED) is 0.149. The molecular weight excluding hydrogens is 370 g/mol. The van der Waals surface area contributed by atoms with Gasteiger partial charge < -0.3 is 14.7 Å². The average molecular weight is 387 g/mol. The Labute approximate surface area is 159 Å². The van der Waals surface area contributed by atoms with E-state index in [-0.39, 0.29) is 23.7 Å². The first kappa shape index (κ1) is 19.3. The van der Waals surface area contributed by atoms with E-state index >= 15 is 0 Å². The number of esters is 1. The van der Waals surface area contributed by atoms with Gasteiger partial charge in [-0.1, -0.05) is 12.0 Å². The fourth-order valence-electron chi connectivity index (χ4n) is 3.64. The zero-order valence-electron chi connectivity index (χ0n) is 15.1. The molecule has 146 valence electrons. The molecule has 11 nitrogen and oxygen atoms in total. The van der Waals surface area contributed by atoms with Crippen molar-refractivity contribution in [3.63, 3.8) is 0 Å². The zero-order chi connectivity index (χ0) is 20.6. The third-order valence-corrected chi connectivity index (χ3v) is 5.00. The predicted octanol–water partition coefficient (Wildman–Crippen LogP) is 2.02. The van der Waals surface area contributed by atoms with E-state index in [1.165, 1.54) is 36.1 Å². The minimum Gasteiger partial charge on any atom is -0.456 e. The molecule has 1 aromatic carbocycles. The first-order valence-corrected chi connectivity index (χ1v) is 8.48. The Balaban J connectivity index is 1.79. The van der Waals surface area contributed by atoms with Gasteiger partial charge in [-0.2, -0.15) is 0 Å². The molecule has 0 aliphatic carbocycles. The van der Waals surface area contributed by atoms with Crippen molar-refractivity contribution < 1.29 is 24.4 Å². The molecule has 1 amide bonds. The lowest BCUT2D eigenvalue weighted by atomic mass is 9.79. The van der Waals surface area contributed by atoms with Crippen LogP contribution in [0, 0.1) is 22.0 Å². The molecule has 0 radical (unpaired) electrons. The smallest absolute Gasteiger partial charge is 0.355 e. The van der Waals surface area contributed by atoms with E-state index in [9.17, 15) is 24.8 Å². The number of β-lactam (4-membered cyclic amide) rings is 1. The summed E-state index contributed by atoms with van der Waals surface area (Å²) < 4.78 is 5.23. The number of nitro groups is 1. The first-order chi connectivity index (χ1) is 13.3. The molecule has 0 unspecified atom stereocenters. The minimum atomic E-state index is -0.904. The van der Waals surface area contributed by atoms with E-state index in [0.29, 0.717) is 5.56 Å². The van der Waals surface area contributed by atoms with E-state index < -0.39 is 40.8 Å². The number of rotatable bonds is 6. The van der Waals surface area contributed by atoms with Crippen LogP contribution in [0.4, 0.5) is 5.69 Å². The van der Waals surface area contributed by atoms with Crippen LogP contribution < -0.4 is 0 Å². The maximum atomic E-state index is 12.6. The second kappa shape index (κ2) is 7.29. The van der Waals surface area contributed by atoms with Crippen LogP contribution in [0.15, 0.2) is 40.8 Å². The Hall–Kier alpha value is -3.43. The molecule has 0 saturated carbocycles. The number of carbonyl (C=O) groups excluding carboxylic acids is 2. The van der Waals surface area contributed by atoms with E-state index in [1.54, 1.807) is 6.92 Å². The Morgan fingerprint density at radius 3 is 2.64 bits per heavy atom. The normalized spacial score (nSPS) is 24.2. The summed E-state index contributed by atoms with van der Waals surface area (Å²) in [7, 11) is 0. The van der Waals surface area contributed by atoms with Gasteiger partial charge in [0.05, 0.1) is 28.7 Å². The fourth-order valence-corrected chi connectivity index (χ4v) is 3.64. The Morgan fingerprint density at radius 1 is 1.46 bits per heavy atom. The lowest BCUT2D eigenvalue weighted by Gasteiger charge is -2.46. The molecule has 28 heavy (non-hydrogen) atoms. The number of fused-ring (bicyclic) bond motifs is 1. The van der Waals surface area contributed by atoms with Crippen molar-refractivity contribution in [2.24, 2.45) is 17.0 Å². The van der Waals surface area contributed by atoms with Gasteiger partial charge in [0.25, 0.3) is 5.69 Å². The highest BCUT2D eigenvalue weighted by atomic mass is 16.6. The van der Waals surface area contributed by atoms with Crippen LogP contribution in [0.1, 0.15) is 19.4 Å². The van der Waals surface area contributed by atoms with Crippen LogP contribution >= 0.6 is 0 Å². The first-order valence-electron chi connectivity index (χ1n) is 8.48. The van der Waals surface area contributed by atoms with Gasteiger partial charge in [-0.15, -0.1) is 0 Å². The zero-order valence-corrected chi connectivity index (χ0v) is 15.1. The maximum Gasteiger partial charge on any atom is 0.355 e. The number of aliphatic hydroxyl groups is 1. The van der Waals surface area contributed by atoms with Crippen LogP contribution in [0.25, 0.3) is 10.4 Å². The van der Waals surface area contributed by atoms with Gasteiger partial charge in [-0.05, 0) is 30.2 Å². The van der Waals surface area contributed by atoms with Crippen molar-refractivity contribution in [1.29, 1.82) is 0 Å². The number of hydrogen-bond acceptors (Lipinski definition) is 7. The lowest BCUT2D eigenvalue weighted by Crippen LogP contribution is -2.63. The standard InChI is InChI=1S/C17H17N5O6/c1-8-13(19-20-18)15(21-14(8)12(9(2)23)16(21)24)17(25)28-7-10-3-5-11(6-4-10)22(26)27/h3-6,8-9,12,14,23H,7H2,1-2H3/t8-,9+,12+,14+/m0/s1. The van der Waals surface area contributed by atoms with Gasteiger partial charge >= 0.3 is 5.97 Å². The van der Waals surface area contributed by atoms with Gasteiger partial charge in [0.1, 0.15) is 12.3 Å². The van der Waals surface area contributed by atoms with Gasteiger partial charge in [0, 0.05) is 23.0 Å². The number of amides is 1. The summed E-state index contributed by atoms with van der Waals surface area (Å²) in [5.41, 5.74) is 9.22. The maximum absolute atomic E-state index is 12.6. The number of azide groups is 1. The van der Waals surface area contributed by atoms with Crippen molar-refractivity contribution in [1.82, 2.24) is 4.90 Å². The third-order valence-electron chi connectivity index (χ3n) is 5.00. The molecule has 2 aliphatic rings. The molecule has 0 spiro atoms. The number of carbonyl (C=O) groups is 2. The highest BCUT2D eigenvalue weighted by molar-refractivity contribution is 6.00. The van der Waals surface area contributed by atoms with Crippen molar-refractivity contribution in [2.75, 3.05) is 0 Å². The van der Waals surface area contributed by atoms with Crippen molar-refractivity contribution >= 4 is 17.6 Å². The number of benzene rings is 1. The number of hydrogen-bond donors (Lipinski definition) is 1. The summed E-state index contributed by atoms with van der Waals surface area (Å²) in [5, 5.41) is 24.1. The molecule has 1 N–H and O–H groups in total. The summed E-state index contributed by atoms with van der Waals surface area (Å²) in [6, 6.07) is 5.00. The topological polar surface area (TPSA) is 159 Å². The predicted molar refractivity (Wildman–Crippen MR) is 94.0 cm³/mol. The van der Waals surface area contributed by atoms with E-state index in [2.05, 4.69) is 10.0 Å². The average Bonchev–Trinajstić information content (AvgIpc) is 2.89. The molecule has 1 aromatic rings. The minimum absolute atomic E-state index is 0.0915. The molecule has 2 heterocycles. The van der Waals surface area contributed by atoms with Crippen LogP contribution in [0.5, 0.6) is 0 Å². The number of nitro benzene ring substituents is 1. The summed E-state index contributed by atoms with van der Waals surface area (Å²) >= 11 is 0. The molecule has 0 aromatic heterocycles. The van der Waals surface area contributed by atoms with Crippen LogP contribution in [0.2, 0.25) is 0 Å². The second-order valence-corrected chi connectivity index (χ2v) is 6.68. The summed E-state index contributed by atoms with van der Waals surface area (Å²) in [6.45, 7) is 3.02. The summed E-state index contributed by atoms with van der Waals surface area (Å²) in [6.07, 6.45) is -0.904. The van der Waals surface area contributed by atoms with Crippen molar-refractivity contribution in [3.05, 3.63) is 61.8 Å². The Bertz CT molecular complexity index is 918. The second-order valence-electron chi connectivity index (χ2n) is 6.68. The largest absolute Gasteiger partial charge is 0.456 e. The number of ether oxygens (including phenoxy) is 1. The molecule has 4 atom stereocenters. The summed E-state index contributed by atoms with van der Waals surface area (Å²) in [4.78, 5) is 39.1. The lowest BCUT2D eigenvalue weighted by molar-refractivity contribution is -0.384. The fraction of sp³-hybridized carbons (Fsp3) is 0.412. The highest BCUT2D eigenvalue weighted by Gasteiger charge is 2.59. The molecule has 1 fully saturated rings. The van der Waals surface area contributed by atoms with E-state index in [0.717, 1.165) is 0 Å². The molecule has 2 aliphatic heterocycles. The van der Waals surface area contributed by atoms with E-state index in [1.807, 2.05) is 0 Å². The van der Waals surface area contributed by atoms with Crippen molar-refractivity contribution in [2.45, 2.75) is 32.6 Å². The van der Waals surface area contributed by atoms with Crippen LogP contribution in [0.3, 0.4) is 0 Å². The Morgan fingerprint density at radius 2 is 2.11 bits per heavy atom. The molecule has 3 rings (SSSR count). The monoisotopic (exact) mass is 387 g/mol. The molecule has 1 saturated heterocycles. The van der Waals surface area contributed by atoms with Gasteiger partial charge in [0.2, 0.25) is 5.91 Å².